The van der Waals surface area contributed by atoms with E-state index in [0.29, 0.717) is 17.6 Å². The Hall–Kier alpha value is -1.39. The Morgan fingerprint density at radius 1 is 0.906 bits per heavy atom. The molecule has 3 heterocycles. The molecule has 4 heteroatoms. The van der Waals surface area contributed by atoms with Gasteiger partial charge in [-0.1, -0.05) is 25.0 Å². The molecule has 0 spiro atoms. The van der Waals surface area contributed by atoms with Crippen LogP contribution in [0.25, 0.3) is 0 Å². The summed E-state index contributed by atoms with van der Waals surface area (Å²) in [4.78, 5) is 15.3. The number of nitrogens with zero attached hydrogens (tertiary/aromatic N) is 1. The molecule has 0 bridgehead atoms. The van der Waals surface area contributed by atoms with Gasteiger partial charge in [-0.05, 0) is 94.0 Å². The molecule has 5 rings (SSSR count). The highest BCUT2D eigenvalue weighted by molar-refractivity contribution is 5.81. The highest BCUT2D eigenvalue weighted by Gasteiger charge is 2.29. The molecule has 1 aromatic carbocycles. The zero-order valence-electron chi connectivity index (χ0n) is 19.7. The van der Waals surface area contributed by atoms with E-state index in [-0.39, 0.29) is 5.92 Å². The minimum Gasteiger partial charge on any atom is -0.493 e. The van der Waals surface area contributed by atoms with Gasteiger partial charge in [-0.2, -0.15) is 0 Å². The lowest BCUT2D eigenvalue weighted by Gasteiger charge is -2.35. The van der Waals surface area contributed by atoms with Crippen molar-refractivity contribution in [3.8, 4) is 5.75 Å². The summed E-state index contributed by atoms with van der Waals surface area (Å²) >= 11 is 0. The molecule has 0 N–H and O–H groups in total. The quantitative estimate of drug-likeness (QED) is 0.571. The minimum absolute atomic E-state index is 0.286. The molecule has 0 aromatic heterocycles. The third kappa shape index (κ3) is 5.39. The SMILES string of the molecule is O=C(CC1CCC(CCN2CCC(c3cccc4c3CCO4)CC2)CC1)C1CCOCC1. The third-order valence-electron chi connectivity index (χ3n) is 8.79. The van der Waals surface area contributed by atoms with Crippen molar-refractivity contribution in [2.45, 2.75) is 76.5 Å². The first-order valence-corrected chi connectivity index (χ1v) is 13.3. The third-order valence-corrected chi connectivity index (χ3v) is 8.79. The topological polar surface area (TPSA) is 38.8 Å². The summed E-state index contributed by atoms with van der Waals surface area (Å²) in [5, 5.41) is 0. The number of hydrogen-bond donors (Lipinski definition) is 0. The number of carbonyl (C=O) groups is 1. The van der Waals surface area contributed by atoms with Crippen LogP contribution >= 0.6 is 0 Å². The number of Topliss-reactive ketones (excluding diaryl/α,β-unsaturated/α-hetero) is 1. The molecule has 176 valence electrons. The van der Waals surface area contributed by atoms with Crippen LogP contribution in [0.1, 0.15) is 81.3 Å². The zero-order valence-corrected chi connectivity index (χ0v) is 19.7. The second kappa shape index (κ2) is 10.7. The first kappa shape index (κ1) is 22.4. The molecule has 0 atom stereocenters. The molecule has 0 unspecified atom stereocenters. The minimum atomic E-state index is 0.286. The Labute approximate surface area is 194 Å². The molecule has 2 saturated heterocycles. The number of ether oxygens (including phenoxy) is 2. The maximum absolute atomic E-state index is 12.6. The lowest BCUT2D eigenvalue weighted by Crippen LogP contribution is -2.35. The Bertz CT molecular complexity index is 756. The highest BCUT2D eigenvalue weighted by Crippen LogP contribution is 2.38. The number of fused-ring (bicyclic) bond motifs is 1. The van der Waals surface area contributed by atoms with E-state index in [9.17, 15) is 4.79 Å². The average Bonchev–Trinajstić information content (AvgIpc) is 3.34. The van der Waals surface area contributed by atoms with E-state index >= 15 is 0 Å². The summed E-state index contributed by atoms with van der Waals surface area (Å²) in [5.74, 6) is 4.18. The molecule has 4 nitrogen and oxygen atoms in total. The summed E-state index contributed by atoms with van der Waals surface area (Å²) in [7, 11) is 0. The smallest absolute Gasteiger partial charge is 0.136 e. The molecule has 1 aromatic rings. The second-order valence-electron chi connectivity index (χ2n) is 10.8. The van der Waals surface area contributed by atoms with Gasteiger partial charge >= 0.3 is 0 Å². The van der Waals surface area contributed by atoms with Crippen molar-refractivity contribution in [2.24, 2.45) is 17.8 Å². The molecule has 4 aliphatic rings. The van der Waals surface area contributed by atoms with Crippen LogP contribution in [0, 0.1) is 17.8 Å². The second-order valence-corrected chi connectivity index (χ2v) is 10.8. The van der Waals surface area contributed by atoms with Gasteiger partial charge in [0.1, 0.15) is 11.5 Å². The Balaban J connectivity index is 1.00. The van der Waals surface area contributed by atoms with E-state index in [1.807, 2.05) is 0 Å². The molecule has 3 aliphatic heterocycles. The van der Waals surface area contributed by atoms with E-state index in [1.54, 1.807) is 5.56 Å². The van der Waals surface area contributed by atoms with Crippen molar-refractivity contribution in [3.05, 3.63) is 29.3 Å². The summed E-state index contributed by atoms with van der Waals surface area (Å²) in [6.45, 7) is 6.16. The number of carbonyl (C=O) groups excluding carboxylic acids is 1. The fourth-order valence-corrected chi connectivity index (χ4v) is 6.66. The van der Waals surface area contributed by atoms with Crippen LogP contribution < -0.4 is 4.74 Å². The van der Waals surface area contributed by atoms with Gasteiger partial charge in [0.05, 0.1) is 6.61 Å². The Morgan fingerprint density at radius 2 is 1.66 bits per heavy atom. The van der Waals surface area contributed by atoms with E-state index in [2.05, 4.69) is 23.1 Å². The van der Waals surface area contributed by atoms with E-state index < -0.39 is 0 Å². The van der Waals surface area contributed by atoms with Gasteiger partial charge in [-0.3, -0.25) is 4.79 Å². The van der Waals surface area contributed by atoms with Crippen LogP contribution in [-0.4, -0.2) is 50.1 Å². The van der Waals surface area contributed by atoms with E-state index in [0.717, 1.165) is 57.2 Å². The molecular weight excluding hydrogens is 398 g/mol. The van der Waals surface area contributed by atoms with Gasteiger partial charge in [-0.25, -0.2) is 0 Å². The maximum Gasteiger partial charge on any atom is 0.136 e. The summed E-state index contributed by atoms with van der Waals surface area (Å²) in [5.41, 5.74) is 3.05. The van der Waals surface area contributed by atoms with E-state index in [4.69, 9.17) is 9.47 Å². The van der Waals surface area contributed by atoms with Crippen LogP contribution in [0.2, 0.25) is 0 Å². The summed E-state index contributed by atoms with van der Waals surface area (Å²) < 4.78 is 11.2. The highest BCUT2D eigenvalue weighted by atomic mass is 16.5. The first-order chi connectivity index (χ1) is 15.8. The predicted octanol–water partition coefficient (Wildman–Crippen LogP) is 5.38. The predicted molar refractivity (Wildman–Crippen MR) is 127 cm³/mol. The van der Waals surface area contributed by atoms with Crippen LogP contribution in [0.15, 0.2) is 18.2 Å². The molecule has 1 saturated carbocycles. The molecule has 3 fully saturated rings. The molecule has 32 heavy (non-hydrogen) atoms. The van der Waals surface area contributed by atoms with Crippen molar-refractivity contribution < 1.29 is 14.3 Å². The van der Waals surface area contributed by atoms with Crippen molar-refractivity contribution in [3.63, 3.8) is 0 Å². The van der Waals surface area contributed by atoms with Gasteiger partial charge in [0.15, 0.2) is 0 Å². The van der Waals surface area contributed by atoms with Gasteiger partial charge in [0.25, 0.3) is 0 Å². The lowest BCUT2D eigenvalue weighted by atomic mass is 9.77. The number of likely N-dealkylation sites (tertiary alicyclic amines) is 1. The number of ketones is 1. The number of hydrogen-bond acceptors (Lipinski definition) is 4. The van der Waals surface area contributed by atoms with E-state index in [1.165, 1.54) is 70.1 Å². The molecule has 0 radical (unpaired) electrons. The lowest BCUT2D eigenvalue weighted by molar-refractivity contribution is -0.126. The van der Waals surface area contributed by atoms with Gasteiger partial charge in [0, 0.05) is 37.5 Å². The fraction of sp³-hybridized carbons (Fsp3) is 0.750. The Kier molecular flexibility index (Phi) is 7.49. The average molecular weight is 440 g/mol. The standard InChI is InChI=1S/C28H41NO3/c30-27(24-11-17-31-18-12-24)20-22-6-4-21(5-7-22)8-14-29-15-9-23(10-16-29)25-2-1-3-28-26(25)13-19-32-28/h1-3,21-24H,4-20H2. The largest absolute Gasteiger partial charge is 0.493 e. The van der Waals surface area contributed by atoms with Crippen LogP contribution in [0.3, 0.4) is 0 Å². The van der Waals surface area contributed by atoms with Crippen molar-refractivity contribution >= 4 is 5.78 Å². The normalized spacial score (nSPS) is 27.8. The van der Waals surface area contributed by atoms with Gasteiger partial charge < -0.3 is 14.4 Å². The number of rotatable bonds is 7. The first-order valence-electron chi connectivity index (χ1n) is 13.3. The van der Waals surface area contributed by atoms with Crippen LogP contribution in [0.5, 0.6) is 5.75 Å². The van der Waals surface area contributed by atoms with Crippen molar-refractivity contribution in [2.75, 3.05) is 39.5 Å². The van der Waals surface area contributed by atoms with Crippen LogP contribution in [-0.2, 0) is 16.0 Å². The number of benzene rings is 1. The number of piperidine rings is 1. The monoisotopic (exact) mass is 439 g/mol. The Morgan fingerprint density at radius 3 is 2.44 bits per heavy atom. The summed E-state index contributed by atoms with van der Waals surface area (Å²) in [6.07, 6.45) is 12.9. The summed E-state index contributed by atoms with van der Waals surface area (Å²) in [6, 6.07) is 6.66. The molecule has 0 amide bonds. The van der Waals surface area contributed by atoms with Crippen molar-refractivity contribution in [1.29, 1.82) is 0 Å². The maximum atomic E-state index is 12.6. The van der Waals surface area contributed by atoms with Gasteiger partial charge in [0.2, 0.25) is 0 Å². The van der Waals surface area contributed by atoms with Crippen LogP contribution in [0.4, 0.5) is 0 Å². The zero-order chi connectivity index (χ0) is 21.8. The molecule has 1 aliphatic carbocycles. The van der Waals surface area contributed by atoms with Crippen molar-refractivity contribution in [1.82, 2.24) is 4.90 Å². The fourth-order valence-electron chi connectivity index (χ4n) is 6.66. The molecular formula is C28H41NO3. The van der Waals surface area contributed by atoms with Gasteiger partial charge in [-0.15, -0.1) is 0 Å².